The van der Waals surface area contributed by atoms with Crippen LogP contribution in [0.15, 0.2) is 24.3 Å². The maximum absolute atomic E-state index is 5.92. The Labute approximate surface area is 122 Å². The minimum atomic E-state index is 0.542. The van der Waals surface area contributed by atoms with E-state index in [1.165, 1.54) is 44.1 Å². The molecule has 0 amide bonds. The number of para-hydroxylation sites is 1. The molecule has 1 heterocycles. The Balaban J connectivity index is 1.78. The monoisotopic (exact) mass is 273 g/mol. The molecule has 0 bridgehead atoms. The van der Waals surface area contributed by atoms with Crippen LogP contribution in [0.3, 0.4) is 0 Å². The lowest BCUT2D eigenvalue weighted by molar-refractivity contribution is 0.213. The van der Waals surface area contributed by atoms with Crippen LogP contribution in [0.1, 0.15) is 56.9 Å². The molecule has 1 aromatic carbocycles. The molecule has 2 aliphatic rings. The number of rotatable bonds is 5. The number of hydrogen-bond acceptors (Lipinski definition) is 2. The summed E-state index contributed by atoms with van der Waals surface area (Å²) in [6.45, 7) is 4.24. The highest BCUT2D eigenvalue weighted by molar-refractivity contribution is 5.40. The van der Waals surface area contributed by atoms with Crippen LogP contribution in [0.4, 0.5) is 0 Å². The van der Waals surface area contributed by atoms with Gasteiger partial charge < -0.3 is 10.1 Å². The Bertz CT molecular complexity index is 425. The molecule has 1 aliphatic heterocycles. The third-order valence-corrected chi connectivity index (χ3v) is 4.96. The number of hydrogen-bond donors (Lipinski definition) is 1. The average molecular weight is 273 g/mol. The van der Waals surface area contributed by atoms with Crippen LogP contribution >= 0.6 is 0 Å². The Kier molecular flexibility index (Phi) is 4.62. The standard InChI is InChI=1S/C18H27NO/c1-2-12-19-18(14-8-4-3-5-9-14)16-13-20-17-11-7-6-10-15(16)17/h6-7,10-11,14,16,18-19H,2-5,8-9,12-13H2,1H3. The van der Waals surface area contributed by atoms with Crippen molar-refractivity contribution in [2.45, 2.75) is 57.4 Å². The molecular formula is C18H27NO. The van der Waals surface area contributed by atoms with Crippen molar-refractivity contribution in [3.8, 4) is 5.75 Å². The third kappa shape index (κ3) is 2.85. The molecule has 1 N–H and O–H groups in total. The largest absolute Gasteiger partial charge is 0.493 e. The van der Waals surface area contributed by atoms with Crippen LogP contribution < -0.4 is 10.1 Å². The lowest BCUT2D eigenvalue weighted by Crippen LogP contribution is -2.43. The molecule has 1 fully saturated rings. The molecule has 3 rings (SSSR count). The van der Waals surface area contributed by atoms with Gasteiger partial charge in [0.15, 0.2) is 0 Å². The Morgan fingerprint density at radius 1 is 1.20 bits per heavy atom. The molecule has 110 valence electrons. The van der Waals surface area contributed by atoms with E-state index in [4.69, 9.17) is 4.74 Å². The fourth-order valence-electron chi connectivity index (χ4n) is 3.93. The van der Waals surface area contributed by atoms with Crippen molar-refractivity contribution in [1.29, 1.82) is 0 Å². The van der Waals surface area contributed by atoms with Crippen LogP contribution in [-0.4, -0.2) is 19.2 Å². The zero-order valence-corrected chi connectivity index (χ0v) is 12.6. The summed E-state index contributed by atoms with van der Waals surface area (Å²) in [4.78, 5) is 0. The van der Waals surface area contributed by atoms with Gasteiger partial charge in [0.25, 0.3) is 0 Å². The molecular weight excluding hydrogens is 246 g/mol. The van der Waals surface area contributed by atoms with Crippen LogP contribution in [0.25, 0.3) is 0 Å². The predicted molar refractivity (Wildman–Crippen MR) is 83.3 cm³/mol. The van der Waals surface area contributed by atoms with Crippen molar-refractivity contribution < 1.29 is 4.74 Å². The van der Waals surface area contributed by atoms with Gasteiger partial charge in [0.05, 0.1) is 6.61 Å². The van der Waals surface area contributed by atoms with E-state index in [1.807, 2.05) is 0 Å². The van der Waals surface area contributed by atoms with E-state index in [0.717, 1.165) is 24.8 Å². The van der Waals surface area contributed by atoms with Gasteiger partial charge in [0.2, 0.25) is 0 Å². The van der Waals surface area contributed by atoms with E-state index in [9.17, 15) is 0 Å². The van der Waals surface area contributed by atoms with Gasteiger partial charge in [-0.25, -0.2) is 0 Å². The molecule has 0 spiro atoms. The molecule has 0 aromatic heterocycles. The van der Waals surface area contributed by atoms with Crippen molar-refractivity contribution in [3.63, 3.8) is 0 Å². The Hall–Kier alpha value is -1.02. The first-order valence-corrected chi connectivity index (χ1v) is 8.35. The quantitative estimate of drug-likeness (QED) is 0.871. The van der Waals surface area contributed by atoms with Crippen LogP contribution in [0.2, 0.25) is 0 Å². The lowest BCUT2D eigenvalue weighted by atomic mass is 9.77. The summed E-state index contributed by atoms with van der Waals surface area (Å²) in [6, 6.07) is 9.21. The SMILES string of the molecule is CCCNC(C1CCCCC1)C1COc2ccccc21. The van der Waals surface area contributed by atoms with Gasteiger partial charge >= 0.3 is 0 Å². The number of nitrogens with one attached hydrogen (secondary N) is 1. The van der Waals surface area contributed by atoms with E-state index in [0.29, 0.717) is 12.0 Å². The van der Waals surface area contributed by atoms with Gasteiger partial charge in [-0.05, 0) is 37.8 Å². The summed E-state index contributed by atoms with van der Waals surface area (Å²) < 4.78 is 5.92. The minimum Gasteiger partial charge on any atom is -0.493 e. The topological polar surface area (TPSA) is 21.3 Å². The van der Waals surface area contributed by atoms with Crippen molar-refractivity contribution in [1.82, 2.24) is 5.32 Å². The molecule has 0 radical (unpaired) electrons. The zero-order valence-electron chi connectivity index (χ0n) is 12.6. The third-order valence-electron chi connectivity index (χ3n) is 4.96. The van der Waals surface area contributed by atoms with Crippen molar-refractivity contribution in [3.05, 3.63) is 29.8 Å². The fraction of sp³-hybridized carbons (Fsp3) is 0.667. The van der Waals surface area contributed by atoms with Gasteiger partial charge in [0, 0.05) is 17.5 Å². The second kappa shape index (κ2) is 6.62. The van der Waals surface area contributed by atoms with E-state index in [1.54, 1.807) is 0 Å². The average Bonchev–Trinajstić information content (AvgIpc) is 2.93. The highest BCUT2D eigenvalue weighted by atomic mass is 16.5. The first-order chi connectivity index (χ1) is 9.90. The summed E-state index contributed by atoms with van der Waals surface area (Å²) in [5.74, 6) is 2.48. The summed E-state index contributed by atoms with van der Waals surface area (Å²) in [5.41, 5.74) is 1.42. The van der Waals surface area contributed by atoms with E-state index in [-0.39, 0.29) is 0 Å². The molecule has 1 aromatic rings. The molecule has 2 unspecified atom stereocenters. The van der Waals surface area contributed by atoms with Crippen LogP contribution in [-0.2, 0) is 0 Å². The second-order valence-electron chi connectivity index (χ2n) is 6.33. The summed E-state index contributed by atoms with van der Waals surface area (Å²) >= 11 is 0. The lowest BCUT2D eigenvalue weighted by Gasteiger charge is -2.34. The van der Waals surface area contributed by atoms with Gasteiger partial charge in [0.1, 0.15) is 5.75 Å². The van der Waals surface area contributed by atoms with Crippen molar-refractivity contribution >= 4 is 0 Å². The molecule has 2 atom stereocenters. The van der Waals surface area contributed by atoms with E-state index < -0.39 is 0 Å². The fourth-order valence-corrected chi connectivity index (χ4v) is 3.93. The smallest absolute Gasteiger partial charge is 0.122 e. The van der Waals surface area contributed by atoms with Gasteiger partial charge in [-0.3, -0.25) is 0 Å². The number of ether oxygens (including phenoxy) is 1. The number of fused-ring (bicyclic) bond motifs is 1. The van der Waals surface area contributed by atoms with Crippen LogP contribution in [0, 0.1) is 5.92 Å². The number of benzene rings is 1. The molecule has 2 heteroatoms. The predicted octanol–water partition coefficient (Wildman–Crippen LogP) is 4.11. The van der Waals surface area contributed by atoms with Gasteiger partial charge in [-0.2, -0.15) is 0 Å². The van der Waals surface area contributed by atoms with Crippen molar-refractivity contribution in [2.24, 2.45) is 5.92 Å². The molecule has 2 nitrogen and oxygen atoms in total. The van der Waals surface area contributed by atoms with E-state index >= 15 is 0 Å². The van der Waals surface area contributed by atoms with E-state index in [2.05, 4.69) is 36.5 Å². The minimum absolute atomic E-state index is 0.542. The summed E-state index contributed by atoms with van der Waals surface area (Å²) in [7, 11) is 0. The molecule has 20 heavy (non-hydrogen) atoms. The summed E-state index contributed by atoms with van der Waals surface area (Å²) in [5, 5.41) is 3.84. The zero-order chi connectivity index (χ0) is 13.8. The maximum atomic E-state index is 5.92. The second-order valence-corrected chi connectivity index (χ2v) is 6.33. The Morgan fingerprint density at radius 3 is 2.80 bits per heavy atom. The molecule has 1 saturated carbocycles. The highest BCUT2D eigenvalue weighted by Gasteiger charge is 2.35. The summed E-state index contributed by atoms with van der Waals surface area (Å²) in [6.07, 6.45) is 8.22. The first-order valence-electron chi connectivity index (χ1n) is 8.35. The Morgan fingerprint density at radius 2 is 2.00 bits per heavy atom. The van der Waals surface area contributed by atoms with Crippen LogP contribution in [0.5, 0.6) is 5.75 Å². The van der Waals surface area contributed by atoms with Crippen molar-refractivity contribution in [2.75, 3.05) is 13.2 Å². The first kappa shape index (κ1) is 13.9. The van der Waals surface area contributed by atoms with Gasteiger partial charge in [-0.15, -0.1) is 0 Å². The molecule has 1 aliphatic carbocycles. The highest BCUT2D eigenvalue weighted by Crippen LogP contribution is 2.40. The maximum Gasteiger partial charge on any atom is 0.122 e. The van der Waals surface area contributed by atoms with Gasteiger partial charge in [-0.1, -0.05) is 44.4 Å². The normalized spacial score (nSPS) is 24.1. The molecule has 0 saturated heterocycles.